The van der Waals surface area contributed by atoms with Crippen LogP contribution in [0, 0.1) is 17.8 Å². The maximum Gasteiger partial charge on any atom is 0.241 e. The maximum absolute atomic E-state index is 12.8. The van der Waals surface area contributed by atoms with Gasteiger partial charge in [0.05, 0.1) is 6.04 Å². The fourth-order valence-corrected chi connectivity index (χ4v) is 3.61. The molecule has 1 amide bonds. The van der Waals surface area contributed by atoms with Crippen LogP contribution in [0.15, 0.2) is 24.3 Å². The highest BCUT2D eigenvalue weighted by atomic mass is 16.2. The Kier molecular flexibility index (Phi) is 5.46. The van der Waals surface area contributed by atoms with Crippen LogP contribution in [0.3, 0.4) is 0 Å². The van der Waals surface area contributed by atoms with Gasteiger partial charge in [-0.1, -0.05) is 27.7 Å². The number of hydrogen-bond donors (Lipinski definition) is 2. The van der Waals surface area contributed by atoms with Gasteiger partial charge in [-0.3, -0.25) is 9.69 Å². The number of nitrogens with zero attached hydrogens (tertiary/aromatic N) is 1. The number of anilines is 2. The topological polar surface area (TPSA) is 58.4 Å². The van der Waals surface area contributed by atoms with E-state index in [0.717, 1.165) is 18.8 Å². The standard InChI is InChI=1S/C18H29N3O/c1-12(2)17(21-10-13(3)9-14(4)11-21)18(22)20-16-7-5-15(19)6-8-16/h5-8,12-14,17H,9-11,19H2,1-4H3,(H,20,22). The fraction of sp³-hybridized carbons (Fsp3) is 0.611. The molecule has 122 valence electrons. The molecule has 0 bridgehead atoms. The van der Waals surface area contributed by atoms with Crippen LogP contribution in [0.25, 0.3) is 0 Å². The van der Waals surface area contributed by atoms with Crippen LogP contribution in [0.2, 0.25) is 0 Å². The Morgan fingerprint density at radius 3 is 2.23 bits per heavy atom. The van der Waals surface area contributed by atoms with Crippen molar-refractivity contribution < 1.29 is 4.79 Å². The lowest BCUT2D eigenvalue weighted by Crippen LogP contribution is -2.52. The lowest BCUT2D eigenvalue weighted by molar-refractivity contribution is -0.124. The third kappa shape index (κ3) is 4.23. The highest BCUT2D eigenvalue weighted by molar-refractivity contribution is 5.95. The molecule has 4 nitrogen and oxygen atoms in total. The van der Waals surface area contributed by atoms with Gasteiger partial charge in [-0.15, -0.1) is 0 Å². The summed E-state index contributed by atoms with van der Waals surface area (Å²) < 4.78 is 0. The van der Waals surface area contributed by atoms with Crippen molar-refractivity contribution in [1.29, 1.82) is 0 Å². The lowest BCUT2D eigenvalue weighted by Gasteiger charge is -2.41. The second kappa shape index (κ2) is 7.14. The second-order valence-electron chi connectivity index (χ2n) is 7.20. The molecule has 1 aliphatic rings. The number of piperidine rings is 1. The average Bonchev–Trinajstić information content (AvgIpc) is 2.40. The molecule has 0 aliphatic carbocycles. The van der Waals surface area contributed by atoms with Crippen LogP contribution in [0.5, 0.6) is 0 Å². The van der Waals surface area contributed by atoms with E-state index in [1.807, 2.05) is 24.3 Å². The minimum Gasteiger partial charge on any atom is -0.399 e. The van der Waals surface area contributed by atoms with Crippen LogP contribution < -0.4 is 11.1 Å². The quantitative estimate of drug-likeness (QED) is 0.840. The van der Waals surface area contributed by atoms with Crippen molar-refractivity contribution in [2.75, 3.05) is 24.1 Å². The summed E-state index contributed by atoms with van der Waals surface area (Å²) in [7, 11) is 0. The van der Waals surface area contributed by atoms with Gasteiger partial charge in [0.15, 0.2) is 0 Å². The van der Waals surface area contributed by atoms with E-state index in [2.05, 4.69) is 37.9 Å². The van der Waals surface area contributed by atoms with Crippen LogP contribution in [0.1, 0.15) is 34.1 Å². The number of rotatable bonds is 4. The summed E-state index contributed by atoms with van der Waals surface area (Å²) in [5.41, 5.74) is 7.21. The lowest BCUT2D eigenvalue weighted by atomic mass is 9.88. The number of benzene rings is 1. The van der Waals surface area contributed by atoms with E-state index in [-0.39, 0.29) is 17.9 Å². The van der Waals surface area contributed by atoms with Gasteiger partial charge in [-0.25, -0.2) is 0 Å². The van der Waals surface area contributed by atoms with E-state index in [4.69, 9.17) is 5.73 Å². The van der Waals surface area contributed by atoms with Gasteiger partial charge in [0, 0.05) is 24.5 Å². The van der Waals surface area contributed by atoms with Crippen molar-refractivity contribution in [3.05, 3.63) is 24.3 Å². The smallest absolute Gasteiger partial charge is 0.241 e. The normalized spacial score (nSPS) is 24.2. The average molecular weight is 303 g/mol. The first-order chi connectivity index (χ1) is 10.4. The van der Waals surface area contributed by atoms with Gasteiger partial charge in [-0.05, 0) is 48.4 Å². The van der Waals surface area contributed by atoms with Crippen molar-refractivity contribution in [2.45, 2.75) is 40.2 Å². The number of nitrogens with two attached hydrogens (primary N) is 1. The molecule has 0 spiro atoms. The monoisotopic (exact) mass is 303 g/mol. The number of nitrogen functional groups attached to an aromatic ring is 1. The highest BCUT2D eigenvalue weighted by Gasteiger charge is 2.33. The number of carbonyl (C=O) groups is 1. The van der Waals surface area contributed by atoms with Crippen LogP contribution in [-0.4, -0.2) is 29.9 Å². The molecule has 1 aromatic rings. The van der Waals surface area contributed by atoms with E-state index >= 15 is 0 Å². The van der Waals surface area contributed by atoms with Gasteiger partial charge >= 0.3 is 0 Å². The Labute approximate surface area is 134 Å². The molecule has 3 unspecified atom stereocenters. The van der Waals surface area contributed by atoms with Gasteiger partial charge < -0.3 is 11.1 Å². The van der Waals surface area contributed by atoms with Gasteiger partial charge in [0.1, 0.15) is 0 Å². The summed E-state index contributed by atoms with van der Waals surface area (Å²) >= 11 is 0. The Bertz CT molecular complexity index is 488. The molecule has 1 fully saturated rings. The summed E-state index contributed by atoms with van der Waals surface area (Å²) in [6.07, 6.45) is 1.25. The molecule has 1 aliphatic heterocycles. The van der Waals surface area contributed by atoms with E-state index in [1.165, 1.54) is 6.42 Å². The molecule has 1 heterocycles. The zero-order chi connectivity index (χ0) is 16.3. The zero-order valence-corrected chi connectivity index (χ0v) is 14.2. The molecule has 2 rings (SSSR count). The number of likely N-dealkylation sites (tertiary alicyclic amines) is 1. The van der Waals surface area contributed by atoms with Gasteiger partial charge in [0.2, 0.25) is 5.91 Å². The van der Waals surface area contributed by atoms with Crippen molar-refractivity contribution in [3.8, 4) is 0 Å². The van der Waals surface area contributed by atoms with E-state index < -0.39 is 0 Å². The third-order valence-electron chi connectivity index (χ3n) is 4.37. The van der Waals surface area contributed by atoms with E-state index in [1.54, 1.807) is 0 Å². The minimum absolute atomic E-state index is 0.0808. The molecule has 22 heavy (non-hydrogen) atoms. The first kappa shape index (κ1) is 16.8. The van der Waals surface area contributed by atoms with E-state index in [0.29, 0.717) is 17.5 Å². The Morgan fingerprint density at radius 1 is 1.18 bits per heavy atom. The number of hydrogen-bond acceptors (Lipinski definition) is 3. The first-order valence-corrected chi connectivity index (χ1v) is 8.27. The SMILES string of the molecule is CC1CC(C)CN(C(C(=O)Nc2ccc(N)cc2)C(C)C)C1. The molecule has 0 radical (unpaired) electrons. The van der Waals surface area contributed by atoms with Crippen molar-refractivity contribution in [2.24, 2.45) is 17.8 Å². The van der Waals surface area contributed by atoms with Gasteiger partial charge in [0.25, 0.3) is 0 Å². The summed E-state index contributed by atoms with van der Waals surface area (Å²) in [5, 5.41) is 3.04. The Morgan fingerprint density at radius 2 is 1.73 bits per heavy atom. The number of carbonyl (C=O) groups excluding carboxylic acids is 1. The predicted molar refractivity (Wildman–Crippen MR) is 92.6 cm³/mol. The molecule has 1 saturated heterocycles. The number of nitrogens with one attached hydrogen (secondary N) is 1. The van der Waals surface area contributed by atoms with E-state index in [9.17, 15) is 4.79 Å². The second-order valence-corrected chi connectivity index (χ2v) is 7.20. The highest BCUT2D eigenvalue weighted by Crippen LogP contribution is 2.26. The van der Waals surface area contributed by atoms with Crippen LogP contribution >= 0.6 is 0 Å². The Hall–Kier alpha value is -1.55. The fourth-order valence-electron chi connectivity index (χ4n) is 3.61. The summed E-state index contributed by atoms with van der Waals surface area (Å²) in [6, 6.07) is 7.25. The van der Waals surface area contributed by atoms with Crippen molar-refractivity contribution >= 4 is 17.3 Å². The molecule has 1 aromatic carbocycles. The largest absolute Gasteiger partial charge is 0.399 e. The summed E-state index contributed by atoms with van der Waals surface area (Å²) in [4.78, 5) is 15.1. The zero-order valence-electron chi connectivity index (χ0n) is 14.2. The molecule has 3 N–H and O–H groups in total. The first-order valence-electron chi connectivity index (χ1n) is 8.27. The maximum atomic E-state index is 12.8. The molecule has 4 heteroatoms. The number of amides is 1. The summed E-state index contributed by atoms with van der Waals surface area (Å²) in [5.74, 6) is 1.66. The molecule has 0 saturated carbocycles. The molecular weight excluding hydrogens is 274 g/mol. The van der Waals surface area contributed by atoms with Crippen molar-refractivity contribution in [3.63, 3.8) is 0 Å². The predicted octanol–water partition coefficient (Wildman–Crippen LogP) is 3.21. The summed E-state index contributed by atoms with van der Waals surface area (Å²) in [6.45, 7) is 10.8. The Balaban J connectivity index is 2.09. The minimum atomic E-state index is -0.0808. The van der Waals surface area contributed by atoms with Crippen LogP contribution in [0.4, 0.5) is 11.4 Å². The molecular formula is C18H29N3O. The third-order valence-corrected chi connectivity index (χ3v) is 4.37. The van der Waals surface area contributed by atoms with Gasteiger partial charge in [-0.2, -0.15) is 0 Å². The van der Waals surface area contributed by atoms with Crippen molar-refractivity contribution in [1.82, 2.24) is 4.90 Å². The molecule has 3 atom stereocenters. The molecule has 0 aromatic heterocycles. The van der Waals surface area contributed by atoms with Crippen LogP contribution in [-0.2, 0) is 4.79 Å².